The second-order valence-electron chi connectivity index (χ2n) is 10.3. The number of nitrogens with zero attached hydrogens (tertiary/aromatic N) is 5. The molecule has 0 bridgehead atoms. The molecule has 12 nitrogen and oxygen atoms in total. The molecule has 2 aliphatic rings. The lowest BCUT2D eigenvalue weighted by molar-refractivity contribution is -0.156. The minimum atomic E-state index is -4.08. The summed E-state index contributed by atoms with van der Waals surface area (Å²) in [7, 11) is -4.08. The molecule has 0 saturated carbocycles. The van der Waals surface area contributed by atoms with Crippen molar-refractivity contribution in [1.29, 1.82) is 0 Å². The number of ether oxygens (including phenoxy) is 2. The zero-order valence-corrected chi connectivity index (χ0v) is 22.3. The summed E-state index contributed by atoms with van der Waals surface area (Å²) in [6, 6.07) is 8.53. The highest BCUT2D eigenvalue weighted by Crippen LogP contribution is 2.38. The van der Waals surface area contributed by atoms with Gasteiger partial charge in [-0.05, 0) is 51.1 Å². The molecule has 0 radical (unpaired) electrons. The summed E-state index contributed by atoms with van der Waals surface area (Å²) in [4.78, 5) is 29.8. The summed E-state index contributed by atoms with van der Waals surface area (Å²) in [6.07, 6.45) is 0.624. The first kappa shape index (κ1) is 28.5. The molecule has 2 aliphatic heterocycles. The van der Waals surface area contributed by atoms with Gasteiger partial charge in [0.2, 0.25) is 0 Å². The van der Waals surface area contributed by atoms with E-state index in [1.165, 1.54) is 4.90 Å². The van der Waals surface area contributed by atoms with E-state index >= 15 is 0 Å². The number of nitrogens with one attached hydrogen (secondary N) is 1. The third-order valence-electron chi connectivity index (χ3n) is 6.29. The number of carbonyl (C=O) groups excluding carboxylic acids is 2. The first-order valence-electron chi connectivity index (χ1n) is 12.0. The van der Waals surface area contributed by atoms with Gasteiger partial charge in [0.15, 0.2) is 5.54 Å². The van der Waals surface area contributed by atoms with E-state index in [1.54, 1.807) is 45.9 Å². The van der Waals surface area contributed by atoms with Crippen LogP contribution < -0.4 is 4.72 Å². The average Bonchev–Trinajstić information content (AvgIpc) is 3.16. The van der Waals surface area contributed by atoms with Crippen LogP contribution in [0.2, 0.25) is 0 Å². The molecular formula is C24H34N6O6S. The zero-order chi connectivity index (χ0) is 27.4. The highest BCUT2D eigenvalue weighted by atomic mass is 32.2. The van der Waals surface area contributed by atoms with E-state index in [0.717, 1.165) is 9.87 Å². The van der Waals surface area contributed by atoms with Crippen LogP contribution >= 0.6 is 0 Å². The standard InChI is InChI=1S/C24H34N6O6S/c1-6-10-19-13-30(37(33,34)26-20-14-29(15-20)22(32)36-23(3,4)5)16-24(19,27-28-25)21(31)35-17(2)18-11-8-7-9-12-18/h6-9,11-12,17,19-20,26H,1,10,13-16H2,2-5H3/t17-,19-,24-/m1/s1. The van der Waals surface area contributed by atoms with Gasteiger partial charge < -0.3 is 14.4 Å². The summed E-state index contributed by atoms with van der Waals surface area (Å²) >= 11 is 0. The van der Waals surface area contributed by atoms with E-state index in [0.29, 0.717) is 0 Å². The molecule has 1 aromatic carbocycles. The van der Waals surface area contributed by atoms with E-state index in [9.17, 15) is 23.5 Å². The van der Waals surface area contributed by atoms with Crippen LogP contribution in [0.1, 0.15) is 45.8 Å². The Morgan fingerprint density at radius 3 is 2.51 bits per heavy atom. The van der Waals surface area contributed by atoms with Crippen molar-refractivity contribution in [2.24, 2.45) is 11.0 Å². The number of azide groups is 1. The number of benzene rings is 1. The number of likely N-dealkylation sites (tertiary alicyclic amines) is 1. The van der Waals surface area contributed by atoms with Crippen LogP contribution in [-0.2, 0) is 24.5 Å². The van der Waals surface area contributed by atoms with Gasteiger partial charge in [-0.1, -0.05) is 41.5 Å². The molecule has 13 heteroatoms. The van der Waals surface area contributed by atoms with Crippen LogP contribution in [0.3, 0.4) is 0 Å². The van der Waals surface area contributed by atoms with Crippen molar-refractivity contribution in [2.45, 2.75) is 57.4 Å². The second kappa shape index (κ2) is 11.1. The molecule has 1 N–H and O–H groups in total. The molecule has 1 aromatic rings. The number of amides is 1. The van der Waals surface area contributed by atoms with Crippen molar-refractivity contribution >= 4 is 22.3 Å². The molecule has 0 aromatic heterocycles. The number of hydrogen-bond acceptors (Lipinski definition) is 7. The maximum absolute atomic E-state index is 13.4. The minimum absolute atomic E-state index is 0.0717. The Kier molecular flexibility index (Phi) is 8.53. The van der Waals surface area contributed by atoms with E-state index in [4.69, 9.17) is 9.47 Å². The Morgan fingerprint density at radius 1 is 1.30 bits per heavy atom. The fourth-order valence-corrected chi connectivity index (χ4v) is 5.81. The van der Waals surface area contributed by atoms with Crippen molar-refractivity contribution in [2.75, 3.05) is 26.2 Å². The smallest absolute Gasteiger partial charge is 0.410 e. The van der Waals surface area contributed by atoms with Crippen LogP contribution in [0.15, 0.2) is 48.1 Å². The van der Waals surface area contributed by atoms with Crippen LogP contribution in [0.25, 0.3) is 10.4 Å². The molecular weight excluding hydrogens is 500 g/mol. The van der Waals surface area contributed by atoms with Gasteiger partial charge in [-0.25, -0.2) is 4.79 Å². The van der Waals surface area contributed by atoms with Gasteiger partial charge in [0.1, 0.15) is 11.7 Å². The van der Waals surface area contributed by atoms with E-state index in [-0.39, 0.29) is 32.6 Å². The van der Waals surface area contributed by atoms with E-state index < -0.39 is 51.5 Å². The van der Waals surface area contributed by atoms with Gasteiger partial charge in [0.25, 0.3) is 10.2 Å². The maximum atomic E-state index is 13.4. The molecule has 2 heterocycles. The number of esters is 1. The molecule has 0 unspecified atom stereocenters. The topological polar surface area (TPSA) is 154 Å². The van der Waals surface area contributed by atoms with Gasteiger partial charge in [0, 0.05) is 31.1 Å². The van der Waals surface area contributed by atoms with E-state index in [1.807, 2.05) is 18.2 Å². The highest BCUT2D eigenvalue weighted by molar-refractivity contribution is 7.87. The van der Waals surface area contributed by atoms with Crippen molar-refractivity contribution < 1.29 is 27.5 Å². The highest BCUT2D eigenvalue weighted by Gasteiger charge is 2.56. The fraction of sp³-hybridized carbons (Fsp3) is 0.583. The zero-order valence-electron chi connectivity index (χ0n) is 21.5. The van der Waals surface area contributed by atoms with Gasteiger partial charge in [-0.2, -0.15) is 17.4 Å². The first-order chi connectivity index (χ1) is 17.3. The Hall–Kier alpha value is -3.12. The molecule has 0 aliphatic carbocycles. The average molecular weight is 535 g/mol. The number of rotatable bonds is 9. The molecule has 3 atom stereocenters. The monoisotopic (exact) mass is 534 g/mol. The fourth-order valence-electron chi connectivity index (χ4n) is 4.35. The minimum Gasteiger partial charge on any atom is -0.457 e. The lowest BCUT2D eigenvalue weighted by Gasteiger charge is -2.40. The predicted molar refractivity (Wildman–Crippen MR) is 136 cm³/mol. The number of allylic oxidation sites excluding steroid dienone is 1. The van der Waals surface area contributed by atoms with E-state index in [2.05, 4.69) is 21.3 Å². The maximum Gasteiger partial charge on any atom is 0.410 e. The summed E-state index contributed by atoms with van der Waals surface area (Å²) in [6.45, 7) is 10.5. The van der Waals surface area contributed by atoms with Crippen molar-refractivity contribution in [3.63, 3.8) is 0 Å². The normalized spacial score (nSPS) is 23.5. The number of carbonyl (C=O) groups is 2. The lowest BCUT2D eigenvalue weighted by Crippen LogP contribution is -2.63. The Bertz CT molecular complexity index is 1160. The molecule has 37 heavy (non-hydrogen) atoms. The third kappa shape index (κ3) is 6.61. The molecule has 2 fully saturated rings. The van der Waals surface area contributed by atoms with Gasteiger partial charge >= 0.3 is 12.1 Å². The van der Waals surface area contributed by atoms with Gasteiger partial charge in [-0.3, -0.25) is 4.79 Å². The summed E-state index contributed by atoms with van der Waals surface area (Å²) in [5, 5.41) is 3.80. The quantitative estimate of drug-likeness (QED) is 0.169. The number of hydrogen-bond donors (Lipinski definition) is 1. The first-order valence-corrected chi connectivity index (χ1v) is 13.4. The SMILES string of the molecule is C=CC[C@@H]1CN(S(=O)(=O)NC2CN(C(=O)OC(C)(C)C)C2)C[C@]1(N=[N+]=[N-])C(=O)O[C@H](C)c1ccccc1. The van der Waals surface area contributed by atoms with Crippen LogP contribution in [0.4, 0.5) is 4.79 Å². The van der Waals surface area contributed by atoms with Crippen LogP contribution in [0.5, 0.6) is 0 Å². The van der Waals surface area contributed by atoms with Crippen LogP contribution in [-0.4, -0.2) is 73.0 Å². The molecule has 2 saturated heterocycles. The second-order valence-corrected chi connectivity index (χ2v) is 12.0. The largest absolute Gasteiger partial charge is 0.457 e. The molecule has 3 rings (SSSR count). The molecule has 202 valence electrons. The Morgan fingerprint density at radius 2 is 1.95 bits per heavy atom. The Balaban J connectivity index is 1.73. The Labute approximate surface area is 217 Å². The molecule has 0 spiro atoms. The van der Waals surface area contributed by atoms with Gasteiger partial charge in [0.05, 0.1) is 6.04 Å². The lowest BCUT2D eigenvalue weighted by atomic mass is 9.85. The summed E-state index contributed by atoms with van der Waals surface area (Å²) in [5.41, 5.74) is 7.64. The molecule has 1 amide bonds. The van der Waals surface area contributed by atoms with Crippen molar-refractivity contribution in [1.82, 2.24) is 13.9 Å². The van der Waals surface area contributed by atoms with Crippen molar-refractivity contribution in [3.8, 4) is 0 Å². The van der Waals surface area contributed by atoms with Gasteiger partial charge in [-0.15, -0.1) is 6.58 Å². The van der Waals surface area contributed by atoms with Crippen LogP contribution in [0, 0.1) is 5.92 Å². The summed E-state index contributed by atoms with van der Waals surface area (Å²) in [5.74, 6) is -1.47. The third-order valence-corrected chi connectivity index (χ3v) is 7.88. The van der Waals surface area contributed by atoms with Crippen molar-refractivity contribution in [3.05, 3.63) is 59.0 Å². The predicted octanol–water partition coefficient (Wildman–Crippen LogP) is 3.30. The summed E-state index contributed by atoms with van der Waals surface area (Å²) < 4.78 is 41.1.